The molecule has 0 atom stereocenters. The van der Waals surface area contributed by atoms with Crippen molar-refractivity contribution < 1.29 is 11.8 Å². The third kappa shape index (κ3) is 6.55. The van der Waals surface area contributed by atoms with E-state index in [1.54, 1.807) is 23.0 Å². The standard InChI is InChI=1S/C3H5F2IO/c4-3(5)1-2-7-6/h3H,1-2H2. The quantitative estimate of drug-likeness (QED) is 0.663. The van der Waals surface area contributed by atoms with Crippen molar-refractivity contribution in [1.82, 2.24) is 0 Å². The summed E-state index contributed by atoms with van der Waals surface area (Å²) in [5.41, 5.74) is 0. The number of halogens is 3. The van der Waals surface area contributed by atoms with Gasteiger partial charge in [0.2, 0.25) is 6.43 Å². The van der Waals surface area contributed by atoms with E-state index in [-0.39, 0.29) is 13.0 Å². The highest BCUT2D eigenvalue weighted by molar-refractivity contribution is 14.1. The van der Waals surface area contributed by atoms with E-state index in [9.17, 15) is 8.78 Å². The summed E-state index contributed by atoms with van der Waals surface area (Å²) in [6.45, 7) is 0.137. The predicted molar refractivity (Wildman–Crippen MR) is 30.6 cm³/mol. The van der Waals surface area contributed by atoms with Crippen LogP contribution in [0, 0.1) is 0 Å². The Morgan fingerprint density at radius 2 is 2.14 bits per heavy atom. The van der Waals surface area contributed by atoms with Crippen LogP contribution in [0.15, 0.2) is 0 Å². The molecule has 0 saturated carbocycles. The number of hydrogen-bond acceptors (Lipinski definition) is 1. The van der Waals surface area contributed by atoms with Crippen LogP contribution >= 0.6 is 23.0 Å². The molecule has 7 heavy (non-hydrogen) atoms. The van der Waals surface area contributed by atoms with E-state index >= 15 is 0 Å². The molecule has 0 spiro atoms. The zero-order valence-corrected chi connectivity index (χ0v) is 5.69. The summed E-state index contributed by atoms with van der Waals surface area (Å²) in [4.78, 5) is 0. The first-order chi connectivity index (χ1) is 3.27. The Hall–Kier alpha value is 0.550. The molecule has 0 aliphatic rings. The van der Waals surface area contributed by atoms with Crippen LogP contribution in [0.1, 0.15) is 6.42 Å². The second-order valence-electron chi connectivity index (χ2n) is 0.993. The Labute approximate surface area is 54.7 Å². The van der Waals surface area contributed by atoms with Gasteiger partial charge in [0.05, 0.1) is 6.61 Å². The predicted octanol–water partition coefficient (Wildman–Crippen LogP) is 2.01. The van der Waals surface area contributed by atoms with Crippen LogP contribution in [0.5, 0.6) is 0 Å². The van der Waals surface area contributed by atoms with Gasteiger partial charge in [0, 0.05) is 6.42 Å². The molecule has 0 rings (SSSR count). The van der Waals surface area contributed by atoms with Gasteiger partial charge in [-0.05, 0) is 0 Å². The van der Waals surface area contributed by atoms with Gasteiger partial charge in [0.25, 0.3) is 0 Å². The van der Waals surface area contributed by atoms with E-state index in [2.05, 4.69) is 3.07 Å². The Morgan fingerprint density at radius 3 is 2.29 bits per heavy atom. The summed E-state index contributed by atoms with van der Waals surface area (Å²) in [6.07, 6.45) is -2.39. The molecule has 0 unspecified atom stereocenters. The van der Waals surface area contributed by atoms with Gasteiger partial charge >= 0.3 is 0 Å². The van der Waals surface area contributed by atoms with E-state index in [0.717, 1.165) is 0 Å². The van der Waals surface area contributed by atoms with Crippen molar-refractivity contribution in [3.05, 3.63) is 0 Å². The normalized spacial score (nSPS) is 10.3. The van der Waals surface area contributed by atoms with Crippen LogP contribution in [0.3, 0.4) is 0 Å². The summed E-state index contributed by atoms with van der Waals surface area (Å²) < 4.78 is 26.6. The van der Waals surface area contributed by atoms with Gasteiger partial charge in [-0.25, -0.2) is 8.78 Å². The molecule has 0 aromatic carbocycles. The van der Waals surface area contributed by atoms with Crippen LogP contribution < -0.4 is 0 Å². The van der Waals surface area contributed by atoms with Gasteiger partial charge < -0.3 is 3.07 Å². The smallest absolute Gasteiger partial charge is 0.240 e. The lowest BCUT2D eigenvalue weighted by molar-refractivity contribution is 0.123. The average molecular weight is 222 g/mol. The van der Waals surface area contributed by atoms with Gasteiger partial charge in [0.15, 0.2) is 0 Å². The minimum absolute atomic E-state index is 0.137. The molecule has 1 nitrogen and oxygen atoms in total. The van der Waals surface area contributed by atoms with Crippen molar-refractivity contribution in [3.8, 4) is 0 Å². The maximum absolute atomic E-state index is 11.1. The highest BCUT2D eigenvalue weighted by Gasteiger charge is 1.98. The molecule has 0 radical (unpaired) electrons. The fraction of sp³-hybridized carbons (Fsp3) is 1.00. The second kappa shape index (κ2) is 4.70. The lowest BCUT2D eigenvalue weighted by Crippen LogP contribution is -1.93. The fourth-order valence-corrected chi connectivity index (χ4v) is 0.388. The summed E-state index contributed by atoms with van der Waals surface area (Å²) in [6, 6.07) is 0. The van der Waals surface area contributed by atoms with Crippen molar-refractivity contribution in [3.63, 3.8) is 0 Å². The Morgan fingerprint density at radius 1 is 1.57 bits per heavy atom. The van der Waals surface area contributed by atoms with Crippen LogP contribution in [0.25, 0.3) is 0 Å². The molecule has 44 valence electrons. The van der Waals surface area contributed by atoms with Gasteiger partial charge in [-0.15, -0.1) is 0 Å². The van der Waals surface area contributed by atoms with E-state index in [1.807, 2.05) is 0 Å². The van der Waals surface area contributed by atoms with Gasteiger partial charge in [0.1, 0.15) is 23.0 Å². The molecule has 4 heteroatoms. The molecule has 0 aromatic heterocycles. The topological polar surface area (TPSA) is 9.23 Å². The van der Waals surface area contributed by atoms with Crippen LogP contribution in [0.2, 0.25) is 0 Å². The Kier molecular flexibility index (Phi) is 5.07. The first-order valence-corrected chi connectivity index (χ1v) is 2.67. The lowest BCUT2D eigenvalue weighted by Gasteiger charge is -1.91. The zero-order chi connectivity index (χ0) is 5.70. The third-order valence-corrected chi connectivity index (χ3v) is 0.854. The molecule has 0 heterocycles. The number of rotatable bonds is 3. The van der Waals surface area contributed by atoms with Crippen LogP contribution in [-0.4, -0.2) is 13.0 Å². The first-order valence-electron chi connectivity index (χ1n) is 1.79. The van der Waals surface area contributed by atoms with Crippen molar-refractivity contribution in [1.29, 1.82) is 0 Å². The average Bonchev–Trinajstić information content (AvgIpc) is 1.61. The molecule has 0 saturated heterocycles. The summed E-state index contributed by atoms with van der Waals surface area (Å²) in [5.74, 6) is 0. The SMILES string of the molecule is FC(F)CCOI. The van der Waals surface area contributed by atoms with Crippen molar-refractivity contribution >= 4 is 23.0 Å². The number of hydrogen-bond donors (Lipinski definition) is 0. The number of alkyl halides is 2. The highest BCUT2D eigenvalue weighted by atomic mass is 127. The summed E-state index contributed by atoms with van der Waals surface area (Å²) >= 11 is 1.59. The molecule has 0 bridgehead atoms. The van der Waals surface area contributed by atoms with Crippen molar-refractivity contribution in [2.45, 2.75) is 12.8 Å². The third-order valence-electron chi connectivity index (χ3n) is 0.413. The second-order valence-corrected chi connectivity index (χ2v) is 1.62. The Bertz CT molecular complexity index is 41.9. The lowest BCUT2D eigenvalue weighted by atomic mass is 10.5. The summed E-state index contributed by atoms with van der Waals surface area (Å²) in [5, 5.41) is 0. The molecule has 0 fully saturated rings. The maximum Gasteiger partial charge on any atom is 0.240 e. The molecular weight excluding hydrogens is 217 g/mol. The summed E-state index contributed by atoms with van der Waals surface area (Å²) in [7, 11) is 0. The fourth-order valence-electron chi connectivity index (χ4n) is 0.134. The molecule has 0 amide bonds. The largest absolute Gasteiger partial charge is 0.316 e. The minimum atomic E-state index is -2.23. The molecular formula is C3H5F2IO. The molecule has 0 aliphatic heterocycles. The maximum atomic E-state index is 11.1. The zero-order valence-electron chi connectivity index (χ0n) is 3.53. The Balaban J connectivity index is 2.68. The van der Waals surface area contributed by atoms with E-state index < -0.39 is 6.43 Å². The van der Waals surface area contributed by atoms with E-state index in [0.29, 0.717) is 0 Å². The van der Waals surface area contributed by atoms with Crippen molar-refractivity contribution in [2.24, 2.45) is 0 Å². The van der Waals surface area contributed by atoms with E-state index in [1.165, 1.54) is 0 Å². The molecule has 0 aromatic rings. The molecule has 0 N–H and O–H groups in total. The van der Waals surface area contributed by atoms with Gasteiger partial charge in [-0.3, -0.25) is 0 Å². The van der Waals surface area contributed by atoms with Crippen LogP contribution in [-0.2, 0) is 3.07 Å². The first kappa shape index (κ1) is 7.55. The van der Waals surface area contributed by atoms with Gasteiger partial charge in [-0.1, -0.05) is 0 Å². The van der Waals surface area contributed by atoms with Crippen molar-refractivity contribution in [2.75, 3.05) is 6.61 Å². The monoisotopic (exact) mass is 222 g/mol. The van der Waals surface area contributed by atoms with Gasteiger partial charge in [-0.2, -0.15) is 0 Å². The highest BCUT2D eigenvalue weighted by Crippen LogP contribution is 1.99. The minimum Gasteiger partial charge on any atom is -0.316 e. The van der Waals surface area contributed by atoms with Crippen LogP contribution in [0.4, 0.5) is 8.78 Å². The molecule has 0 aliphatic carbocycles. The van der Waals surface area contributed by atoms with E-state index in [4.69, 9.17) is 0 Å².